The molecular weight excluding hydrogens is 288 g/mol. The summed E-state index contributed by atoms with van der Waals surface area (Å²) in [7, 11) is 0. The third-order valence-corrected chi connectivity index (χ3v) is 3.66. The molecule has 0 saturated carbocycles. The van der Waals surface area contributed by atoms with Gasteiger partial charge in [-0.05, 0) is 56.6 Å². The molecule has 0 amide bonds. The number of halogens is 1. The number of rotatable bonds is 8. The van der Waals surface area contributed by atoms with Crippen LogP contribution in [0, 0.1) is 0 Å². The quantitative estimate of drug-likeness (QED) is 0.787. The fourth-order valence-corrected chi connectivity index (χ4v) is 2.43. The van der Waals surface area contributed by atoms with Gasteiger partial charge in [-0.1, -0.05) is 41.9 Å². The van der Waals surface area contributed by atoms with Gasteiger partial charge in [0.25, 0.3) is 0 Å². The van der Waals surface area contributed by atoms with Gasteiger partial charge in [0.2, 0.25) is 0 Å². The van der Waals surface area contributed by atoms with Crippen LogP contribution in [0.1, 0.15) is 44.7 Å². The number of hydrogen-bond acceptors (Lipinski definition) is 2. The van der Waals surface area contributed by atoms with Crippen molar-refractivity contribution in [3.05, 3.63) is 34.3 Å². The summed E-state index contributed by atoms with van der Waals surface area (Å²) in [5.74, 6) is 0. The van der Waals surface area contributed by atoms with Crippen LogP contribution in [0.5, 0.6) is 0 Å². The van der Waals surface area contributed by atoms with E-state index in [1.54, 1.807) is 0 Å². The highest BCUT2D eigenvalue weighted by molar-refractivity contribution is 9.10. The lowest BCUT2D eigenvalue weighted by Gasteiger charge is -2.23. The van der Waals surface area contributed by atoms with Gasteiger partial charge in [0, 0.05) is 10.5 Å². The van der Waals surface area contributed by atoms with Crippen LogP contribution in [0.4, 0.5) is 0 Å². The smallest absolute Gasteiger partial charge is 0.0307 e. The normalized spacial score (nSPS) is 12.9. The molecule has 2 nitrogen and oxygen atoms in total. The second-order valence-electron chi connectivity index (χ2n) is 4.79. The first kappa shape index (κ1) is 15.7. The number of nitrogens with two attached hydrogens (primary N) is 1. The van der Waals surface area contributed by atoms with Crippen LogP contribution in [0.25, 0.3) is 0 Å². The molecule has 0 aliphatic carbocycles. The summed E-state index contributed by atoms with van der Waals surface area (Å²) < 4.78 is 1.11. The van der Waals surface area contributed by atoms with Crippen molar-refractivity contribution < 1.29 is 0 Å². The van der Waals surface area contributed by atoms with Gasteiger partial charge >= 0.3 is 0 Å². The fourth-order valence-electron chi connectivity index (χ4n) is 2.17. The Labute approximate surface area is 120 Å². The predicted molar refractivity (Wildman–Crippen MR) is 82.7 cm³/mol. The minimum absolute atomic E-state index is 0.148. The highest BCUT2D eigenvalue weighted by Crippen LogP contribution is 2.18. The molecule has 0 bridgehead atoms. The van der Waals surface area contributed by atoms with E-state index in [0.29, 0.717) is 0 Å². The van der Waals surface area contributed by atoms with E-state index < -0.39 is 0 Å². The molecule has 2 N–H and O–H groups in total. The molecule has 1 rings (SSSR count). The molecule has 102 valence electrons. The zero-order valence-electron chi connectivity index (χ0n) is 11.5. The highest BCUT2D eigenvalue weighted by atomic mass is 79.9. The van der Waals surface area contributed by atoms with Gasteiger partial charge < -0.3 is 10.6 Å². The van der Waals surface area contributed by atoms with Gasteiger partial charge in [-0.2, -0.15) is 0 Å². The van der Waals surface area contributed by atoms with Gasteiger partial charge in [0.05, 0.1) is 0 Å². The lowest BCUT2D eigenvalue weighted by molar-refractivity contribution is 0.264. The van der Waals surface area contributed by atoms with E-state index in [1.807, 2.05) is 0 Å². The summed E-state index contributed by atoms with van der Waals surface area (Å²) >= 11 is 3.45. The molecule has 1 aromatic carbocycles. The van der Waals surface area contributed by atoms with Crippen molar-refractivity contribution in [2.45, 2.75) is 39.2 Å². The van der Waals surface area contributed by atoms with Crippen molar-refractivity contribution in [2.75, 3.05) is 19.6 Å². The standard InChI is InChI=1S/C15H25BrN2/c1-3-10-18(11-4-2)12-9-15(17)13-5-7-14(16)8-6-13/h5-8,15H,3-4,9-12,17H2,1-2H3. The monoisotopic (exact) mass is 312 g/mol. The second-order valence-corrected chi connectivity index (χ2v) is 5.70. The second kappa shape index (κ2) is 8.68. The minimum atomic E-state index is 0.148. The lowest BCUT2D eigenvalue weighted by atomic mass is 10.0. The van der Waals surface area contributed by atoms with E-state index in [0.717, 1.165) is 17.4 Å². The van der Waals surface area contributed by atoms with E-state index in [2.05, 4.69) is 58.9 Å². The third kappa shape index (κ3) is 5.51. The summed E-state index contributed by atoms with van der Waals surface area (Å²) in [6.07, 6.45) is 3.46. The molecule has 1 aromatic rings. The molecule has 0 aliphatic rings. The molecule has 3 heteroatoms. The van der Waals surface area contributed by atoms with Gasteiger partial charge in [-0.25, -0.2) is 0 Å². The topological polar surface area (TPSA) is 29.3 Å². The van der Waals surface area contributed by atoms with E-state index in [1.165, 1.54) is 31.5 Å². The highest BCUT2D eigenvalue weighted by Gasteiger charge is 2.09. The van der Waals surface area contributed by atoms with Gasteiger partial charge in [-0.15, -0.1) is 0 Å². The Balaban J connectivity index is 2.43. The number of hydrogen-bond donors (Lipinski definition) is 1. The van der Waals surface area contributed by atoms with Crippen LogP contribution >= 0.6 is 15.9 Å². The molecule has 0 heterocycles. The Morgan fingerprint density at radius 2 is 1.61 bits per heavy atom. The van der Waals surface area contributed by atoms with Crippen molar-refractivity contribution in [1.82, 2.24) is 4.90 Å². The van der Waals surface area contributed by atoms with Crippen molar-refractivity contribution in [2.24, 2.45) is 5.73 Å². The Morgan fingerprint density at radius 3 is 2.11 bits per heavy atom. The van der Waals surface area contributed by atoms with Crippen molar-refractivity contribution in [3.63, 3.8) is 0 Å². The largest absolute Gasteiger partial charge is 0.324 e. The van der Waals surface area contributed by atoms with E-state index in [4.69, 9.17) is 5.73 Å². The van der Waals surface area contributed by atoms with Crippen molar-refractivity contribution in [1.29, 1.82) is 0 Å². The summed E-state index contributed by atoms with van der Waals surface area (Å²) in [6.45, 7) is 7.93. The molecule has 1 unspecified atom stereocenters. The average molecular weight is 313 g/mol. The Bertz CT molecular complexity index is 318. The summed E-state index contributed by atoms with van der Waals surface area (Å²) in [5.41, 5.74) is 7.47. The maximum atomic E-state index is 6.24. The van der Waals surface area contributed by atoms with Crippen LogP contribution in [0.2, 0.25) is 0 Å². The third-order valence-electron chi connectivity index (χ3n) is 3.13. The summed E-state index contributed by atoms with van der Waals surface area (Å²) in [4.78, 5) is 2.51. The van der Waals surface area contributed by atoms with E-state index >= 15 is 0 Å². The Kier molecular flexibility index (Phi) is 7.56. The first-order valence-corrected chi connectivity index (χ1v) is 7.70. The van der Waals surface area contributed by atoms with Crippen LogP contribution in [0.15, 0.2) is 28.7 Å². The zero-order chi connectivity index (χ0) is 13.4. The van der Waals surface area contributed by atoms with Crippen LogP contribution in [-0.2, 0) is 0 Å². The molecule has 1 atom stereocenters. The predicted octanol–water partition coefficient (Wildman–Crippen LogP) is 3.96. The van der Waals surface area contributed by atoms with Crippen LogP contribution in [-0.4, -0.2) is 24.5 Å². The lowest BCUT2D eigenvalue weighted by Crippen LogP contribution is -2.29. The maximum absolute atomic E-state index is 6.24. The minimum Gasteiger partial charge on any atom is -0.324 e. The molecule has 0 saturated heterocycles. The molecule has 0 spiro atoms. The van der Waals surface area contributed by atoms with Crippen LogP contribution in [0.3, 0.4) is 0 Å². The van der Waals surface area contributed by atoms with Crippen LogP contribution < -0.4 is 5.73 Å². The first-order chi connectivity index (χ1) is 8.67. The van der Waals surface area contributed by atoms with Gasteiger partial charge in [0.1, 0.15) is 0 Å². The van der Waals surface area contributed by atoms with E-state index in [9.17, 15) is 0 Å². The number of benzene rings is 1. The molecule has 0 fully saturated rings. The van der Waals surface area contributed by atoms with E-state index in [-0.39, 0.29) is 6.04 Å². The fraction of sp³-hybridized carbons (Fsp3) is 0.600. The molecule has 18 heavy (non-hydrogen) atoms. The first-order valence-electron chi connectivity index (χ1n) is 6.90. The van der Waals surface area contributed by atoms with Crippen molar-refractivity contribution in [3.8, 4) is 0 Å². The average Bonchev–Trinajstić information content (AvgIpc) is 2.37. The van der Waals surface area contributed by atoms with Crippen molar-refractivity contribution >= 4 is 15.9 Å². The summed E-state index contributed by atoms with van der Waals surface area (Å²) in [5, 5.41) is 0. The molecule has 0 aliphatic heterocycles. The summed E-state index contributed by atoms with van der Waals surface area (Å²) in [6, 6.07) is 8.49. The number of nitrogens with zero attached hydrogens (tertiary/aromatic N) is 1. The Morgan fingerprint density at radius 1 is 1.06 bits per heavy atom. The van der Waals surface area contributed by atoms with Gasteiger partial charge in [0.15, 0.2) is 0 Å². The maximum Gasteiger partial charge on any atom is 0.0307 e. The SMILES string of the molecule is CCCN(CCC)CCC(N)c1ccc(Br)cc1. The molecule has 0 radical (unpaired) electrons. The van der Waals surface area contributed by atoms with Gasteiger partial charge in [-0.3, -0.25) is 0 Å². The Hall–Kier alpha value is -0.380. The molecule has 0 aromatic heterocycles. The molecular formula is C15H25BrN2. The zero-order valence-corrected chi connectivity index (χ0v) is 13.1.